The first-order valence-corrected chi connectivity index (χ1v) is 10.9. The molecule has 144 valence electrons. The Kier molecular flexibility index (Phi) is 2.86. The third kappa shape index (κ3) is 1.46. The number of piperidine rings is 1. The van der Waals surface area contributed by atoms with Crippen LogP contribution in [0.4, 0.5) is 0 Å². The average molecular weight is 373 g/mol. The number of fused-ring (bicyclic) bond motifs is 2. The van der Waals surface area contributed by atoms with E-state index in [0.717, 1.165) is 18.7 Å². The minimum atomic E-state index is -0.0197. The average Bonchev–Trinajstić information content (AvgIpc) is 3.12. The van der Waals surface area contributed by atoms with Gasteiger partial charge in [-0.25, -0.2) is 0 Å². The van der Waals surface area contributed by atoms with Crippen LogP contribution in [0.1, 0.15) is 42.4 Å². The summed E-state index contributed by atoms with van der Waals surface area (Å²) in [5, 5.41) is 3.92. The second kappa shape index (κ2) is 5.01. The standard InChI is InChI=1S/C25H27NO2/c1-27-20-15-26-19-14-16-6-5-9-18-21(16)25(20)22(28-18)23(17-7-3-2-4-8-17)10-12-24(19,25)13-11-23/h2-9,19-20,22,26H,10-15H2,1H3. The first-order chi connectivity index (χ1) is 13.8. The zero-order valence-electron chi connectivity index (χ0n) is 16.4. The molecule has 4 fully saturated rings. The van der Waals surface area contributed by atoms with Gasteiger partial charge in [0.15, 0.2) is 0 Å². The Balaban J connectivity index is 1.57. The molecule has 2 heterocycles. The molecule has 0 aromatic heterocycles. The maximum Gasteiger partial charge on any atom is 0.124 e. The molecular weight excluding hydrogens is 346 g/mol. The molecule has 4 unspecified atom stereocenters. The quantitative estimate of drug-likeness (QED) is 0.870. The van der Waals surface area contributed by atoms with Gasteiger partial charge in [-0.2, -0.15) is 0 Å². The Morgan fingerprint density at radius 2 is 1.82 bits per heavy atom. The van der Waals surface area contributed by atoms with Gasteiger partial charge >= 0.3 is 0 Å². The van der Waals surface area contributed by atoms with E-state index in [-0.39, 0.29) is 28.5 Å². The van der Waals surface area contributed by atoms with E-state index in [2.05, 4.69) is 53.8 Å². The molecule has 4 aliphatic carbocycles. The van der Waals surface area contributed by atoms with Crippen LogP contribution in [0.25, 0.3) is 0 Å². The van der Waals surface area contributed by atoms with Crippen LogP contribution in [0, 0.1) is 5.41 Å². The van der Waals surface area contributed by atoms with Gasteiger partial charge in [0, 0.05) is 36.1 Å². The van der Waals surface area contributed by atoms with Gasteiger partial charge in [0.05, 0.1) is 11.5 Å². The van der Waals surface area contributed by atoms with Gasteiger partial charge in [-0.05, 0) is 49.3 Å². The molecule has 2 aromatic carbocycles. The fraction of sp³-hybridized carbons (Fsp3) is 0.520. The van der Waals surface area contributed by atoms with E-state index in [9.17, 15) is 0 Å². The third-order valence-electron chi connectivity index (χ3n) is 9.33. The maximum atomic E-state index is 6.99. The van der Waals surface area contributed by atoms with E-state index in [1.807, 2.05) is 7.11 Å². The summed E-state index contributed by atoms with van der Waals surface area (Å²) in [4.78, 5) is 0. The van der Waals surface area contributed by atoms with Crippen molar-refractivity contribution in [2.45, 2.75) is 61.2 Å². The molecule has 28 heavy (non-hydrogen) atoms. The zero-order chi connectivity index (χ0) is 18.6. The van der Waals surface area contributed by atoms with E-state index in [1.165, 1.54) is 42.4 Å². The van der Waals surface area contributed by atoms with Gasteiger partial charge in [-0.15, -0.1) is 0 Å². The number of benzene rings is 2. The molecule has 8 rings (SSSR count). The normalized spacial score (nSPS) is 44.1. The van der Waals surface area contributed by atoms with Crippen molar-refractivity contribution in [3.8, 4) is 5.75 Å². The van der Waals surface area contributed by atoms with Gasteiger partial charge in [0.25, 0.3) is 0 Å². The van der Waals surface area contributed by atoms with Gasteiger partial charge in [0.1, 0.15) is 11.9 Å². The lowest BCUT2D eigenvalue weighted by Gasteiger charge is -2.72. The minimum Gasteiger partial charge on any atom is -0.488 e. The number of ether oxygens (including phenoxy) is 2. The van der Waals surface area contributed by atoms with Crippen molar-refractivity contribution in [2.75, 3.05) is 13.7 Å². The molecule has 1 saturated heterocycles. The molecular formula is C25H27NO2. The Bertz CT molecular complexity index is 962. The van der Waals surface area contributed by atoms with E-state index in [4.69, 9.17) is 9.47 Å². The first kappa shape index (κ1) is 16.0. The molecule has 4 bridgehead atoms. The summed E-state index contributed by atoms with van der Waals surface area (Å²) in [6.07, 6.45) is 6.47. The van der Waals surface area contributed by atoms with Gasteiger partial charge in [-0.1, -0.05) is 42.5 Å². The number of methoxy groups -OCH3 is 1. The number of hydrogen-bond acceptors (Lipinski definition) is 3. The topological polar surface area (TPSA) is 30.5 Å². The van der Waals surface area contributed by atoms with Crippen molar-refractivity contribution in [1.82, 2.24) is 5.32 Å². The lowest BCUT2D eigenvalue weighted by molar-refractivity contribution is -0.207. The summed E-state index contributed by atoms with van der Waals surface area (Å²) < 4.78 is 13.3. The highest BCUT2D eigenvalue weighted by molar-refractivity contribution is 5.60. The second-order valence-corrected chi connectivity index (χ2v) is 9.72. The van der Waals surface area contributed by atoms with Gasteiger partial charge < -0.3 is 14.8 Å². The minimum absolute atomic E-state index is 0.0197. The summed E-state index contributed by atoms with van der Waals surface area (Å²) in [7, 11) is 1.91. The zero-order valence-corrected chi connectivity index (χ0v) is 16.4. The monoisotopic (exact) mass is 373 g/mol. The Hall–Kier alpha value is -1.84. The molecule has 6 aliphatic rings. The summed E-state index contributed by atoms with van der Waals surface area (Å²) in [6, 6.07) is 18.5. The van der Waals surface area contributed by atoms with Crippen molar-refractivity contribution in [2.24, 2.45) is 5.41 Å². The second-order valence-electron chi connectivity index (χ2n) is 9.72. The summed E-state index contributed by atoms with van der Waals surface area (Å²) in [6.45, 7) is 0.932. The highest BCUT2D eigenvalue weighted by Crippen LogP contribution is 2.75. The van der Waals surface area contributed by atoms with Crippen molar-refractivity contribution in [3.05, 3.63) is 65.2 Å². The molecule has 2 aromatic rings. The molecule has 2 spiro atoms. The van der Waals surface area contributed by atoms with Gasteiger partial charge in [0.2, 0.25) is 0 Å². The molecule has 0 radical (unpaired) electrons. The van der Waals surface area contributed by atoms with Crippen LogP contribution in [0.3, 0.4) is 0 Å². The van der Waals surface area contributed by atoms with Crippen LogP contribution in [0.5, 0.6) is 5.75 Å². The van der Waals surface area contributed by atoms with E-state index in [1.54, 1.807) is 0 Å². The molecule has 1 N–H and O–H groups in total. The Morgan fingerprint density at radius 1 is 1.00 bits per heavy atom. The number of nitrogens with one attached hydrogen (secondary N) is 1. The van der Waals surface area contributed by atoms with Crippen LogP contribution in [0.2, 0.25) is 0 Å². The van der Waals surface area contributed by atoms with Crippen LogP contribution in [-0.2, 0) is 22.0 Å². The molecule has 3 saturated carbocycles. The molecule has 0 amide bonds. The van der Waals surface area contributed by atoms with Crippen LogP contribution >= 0.6 is 0 Å². The molecule has 4 atom stereocenters. The van der Waals surface area contributed by atoms with E-state index in [0.29, 0.717) is 6.04 Å². The Labute approximate surface area is 166 Å². The van der Waals surface area contributed by atoms with E-state index < -0.39 is 0 Å². The summed E-state index contributed by atoms with van der Waals surface area (Å²) >= 11 is 0. The highest BCUT2D eigenvalue weighted by atomic mass is 16.5. The number of hydrogen-bond donors (Lipinski definition) is 1. The third-order valence-corrected chi connectivity index (χ3v) is 9.33. The van der Waals surface area contributed by atoms with Crippen molar-refractivity contribution < 1.29 is 9.47 Å². The van der Waals surface area contributed by atoms with E-state index >= 15 is 0 Å². The highest BCUT2D eigenvalue weighted by Gasteiger charge is 2.79. The summed E-state index contributed by atoms with van der Waals surface area (Å²) in [5.41, 5.74) is 4.79. The van der Waals surface area contributed by atoms with Crippen molar-refractivity contribution >= 4 is 0 Å². The fourth-order valence-electron chi connectivity index (χ4n) is 8.40. The Morgan fingerprint density at radius 3 is 2.61 bits per heavy atom. The predicted octanol–water partition coefficient (Wildman–Crippen LogP) is 3.74. The molecule has 3 nitrogen and oxygen atoms in total. The first-order valence-electron chi connectivity index (χ1n) is 10.9. The van der Waals surface area contributed by atoms with Crippen LogP contribution < -0.4 is 10.1 Å². The maximum absolute atomic E-state index is 6.99. The predicted molar refractivity (Wildman–Crippen MR) is 108 cm³/mol. The fourth-order valence-corrected chi connectivity index (χ4v) is 8.40. The summed E-state index contributed by atoms with van der Waals surface area (Å²) in [5.74, 6) is 1.14. The van der Waals surface area contributed by atoms with Crippen LogP contribution in [-0.4, -0.2) is 31.9 Å². The SMILES string of the molecule is COC1CNC2Cc3cccc4c3C13C(O4)C1(c4ccccc4)CCC23CC1. The van der Waals surface area contributed by atoms with Gasteiger partial charge in [-0.3, -0.25) is 0 Å². The molecule has 3 heteroatoms. The van der Waals surface area contributed by atoms with Crippen LogP contribution in [0.15, 0.2) is 48.5 Å². The lowest BCUT2D eigenvalue weighted by Crippen LogP contribution is -2.81. The number of rotatable bonds is 2. The van der Waals surface area contributed by atoms with Crippen molar-refractivity contribution in [1.29, 1.82) is 0 Å². The largest absolute Gasteiger partial charge is 0.488 e. The smallest absolute Gasteiger partial charge is 0.124 e. The molecule has 2 aliphatic heterocycles. The van der Waals surface area contributed by atoms with Crippen molar-refractivity contribution in [3.63, 3.8) is 0 Å². The lowest BCUT2D eigenvalue weighted by atomic mass is 9.33.